The first-order valence-corrected chi connectivity index (χ1v) is 6.47. The summed E-state index contributed by atoms with van der Waals surface area (Å²) in [6.07, 6.45) is 5.72. The molecule has 0 heterocycles. The normalized spacial score (nSPS) is 8.89. The maximum absolute atomic E-state index is 10.5. The summed E-state index contributed by atoms with van der Waals surface area (Å²) in [7, 11) is 0. The molecule has 0 aliphatic carbocycles. The minimum Gasteiger partial charge on any atom is -0.258 e. The van der Waals surface area contributed by atoms with Crippen molar-refractivity contribution >= 4 is 5.69 Å². The van der Waals surface area contributed by atoms with E-state index in [9.17, 15) is 10.1 Å². The van der Waals surface area contributed by atoms with Crippen molar-refractivity contribution in [2.75, 3.05) is 0 Å². The van der Waals surface area contributed by atoms with Crippen molar-refractivity contribution in [3.05, 3.63) is 39.9 Å². The van der Waals surface area contributed by atoms with Gasteiger partial charge in [-0.15, -0.1) is 0 Å². The average Bonchev–Trinajstić information content (AvgIpc) is 2.42. The van der Waals surface area contributed by atoms with Crippen molar-refractivity contribution in [1.29, 1.82) is 0 Å². The van der Waals surface area contributed by atoms with Gasteiger partial charge in [-0.2, -0.15) is 0 Å². The lowest BCUT2D eigenvalue weighted by Crippen LogP contribution is -1.86. The lowest BCUT2D eigenvalue weighted by molar-refractivity contribution is -0.384. The first-order valence-electron chi connectivity index (χ1n) is 6.47. The van der Waals surface area contributed by atoms with Crippen LogP contribution in [0, 0.1) is 33.8 Å². The molecule has 3 nitrogen and oxygen atoms in total. The Balaban J connectivity index is 2.41. The fraction of sp³-hybridized carbons (Fsp3) is 0.375. The van der Waals surface area contributed by atoms with Gasteiger partial charge in [0.1, 0.15) is 0 Å². The summed E-state index contributed by atoms with van der Waals surface area (Å²) in [6.45, 7) is 2.18. The van der Waals surface area contributed by atoms with Crippen molar-refractivity contribution in [1.82, 2.24) is 0 Å². The predicted molar refractivity (Wildman–Crippen MR) is 76.5 cm³/mol. The van der Waals surface area contributed by atoms with E-state index in [0.717, 1.165) is 18.4 Å². The zero-order valence-electron chi connectivity index (χ0n) is 11.1. The average molecular weight is 255 g/mol. The van der Waals surface area contributed by atoms with Gasteiger partial charge in [-0.25, -0.2) is 0 Å². The minimum atomic E-state index is -0.423. The summed E-state index contributed by atoms with van der Waals surface area (Å²) >= 11 is 0. The number of nitro benzene ring substituents is 1. The van der Waals surface area contributed by atoms with Crippen molar-refractivity contribution in [3.8, 4) is 23.7 Å². The molecule has 3 heteroatoms. The fourth-order valence-electron chi connectivity index (χ4n) is 1.52. The van der Waals surface area contributed by atoms with E-state index in [-0.39, 0.29) is 5.69 Å². The second kappa shape index (κ2) is 8.78. The Hall–Kier alpha value is -2.26. The van der Waals surface area contributed by atoms with Crippen molar-refractivity contribution in [3.63, 3.8) is 0 Å². The summed E-state index contributed by atoms with van der Waals surface area (Å²) in [5.74, 6) is 11.4. The van der Waals surface area contributed by atoms with E-state index in [1.165, 1.54) is 31.4 Å². The molecule has 19 heavy (non-hydrogen) atoms. The highest BCUT2D eigenvalue weighted by molar-refractivity contribution is 5.43. The molecule has 0 aliphatic rings. The van der Waals surface area contributed by atoms with E-state index in [1.807, 2.05) is 0 Å². The van der Waals surface area contributed by atoms with Gasteiger partial charge in [0.2, 0.25) is 0 Å². The molecule has 0 aliphatic heterocycles. The highest BCUT2D eigenvalue weighted by Gasteiger charge is 2.01. The number of nitro groups is 1. The topological polar surface area (TPSA) is 43.1 Å². The van der Waals surface area contributed by atoms with Gasteiger partial charge >= 0.3 is 0 Å². The molecular weight excluding hydrogens is 238 g/mol. The Bertz CT molecular complexity index is 524. The third-order valence-corrected chi connectivity index (χ3v) is 2.59. The SMILES string of the molecule is CCCCCCC#CC#Cc1ccc([N+](=O)[O-])cc1. The van der Waals surface area contributed by atoms with E-state index in [1.54, 1.807) is 12.1 Å². The third kappa shape index (κ3) is 6.29. The van der Waals surface area contributed by atoms with Crippen molar-refractivity contribution in [2.45, 2.75) is 39.0 Å². The molecular formula is C16H17NO2. The van der Waals surface area contributed by atoms with Gasteiger partial charge in [-0.1, -0.05) is 38.0 Å². The highest BCUT2D eigenvalue weighted by atomic mass is 16.6. The molecule has 0 amide bonds. The summed E-state index contributed by atoms with van der Waals surface area (Å²) in [5.41, 5.74) is 0.818. The van der Waals surface area contributed by atoms with Crippen LogP contribution >= 0.6 is 0 Å². The lowest BCUT2D eigenvalue weighted by Gasteiger charge is -1.91. The van der Waals surface area contributed by atoms with E-state index in [4.69, 9.17) is 0 Å². The quantitative estimate of drug-likeness (QED) is 0.346. The Morgan fingerprint density at radius 1 is 1.11 bits per heavy atom. The number of benzene rings is 1. The molecule has 0 atom stereocenters. The summed E-state index contributed by atoms with van der Waals surface area (Å²) < 4.78 is 0. The largest absolute Gasteiger partial charge is 0.269 e. The second-order valence-electron chi connectivity index (χ2n) is 4.17. The summed E-state index contributed by atoms with van der Waals surface area (Å²) in [6, 6.07) is 6.16. The van der Waals surface area contributed by atoms with Crippen LogP contribution in [0.4, 0.5) is 5.69 Å². The Morgan fingerprint density at radius 2 is 1.84 bits per heavy atom. The molecule has 1 rings (SSSR count). The number of non-ortho nitro benzene ring substituents is 1. The molecule has 0 unspecified atom stereocenters. The van der Waals surface area contributed by atoms with Crippen molar-refractivity contribution in [2.24, 2.45) is 0 Å². The van der Waals surface area contributed by atoms with Crippen LogP contribution in [0.25, 0.3) is 0 Å². The van der Waals surface area contributed by atoms with Gasteiger partial charge in [0.25, 0.3) is 5.69 Å². The van der Waals surface area contributed by atoms with Crippen LogP contribution in [0.2, 0.25) is 0 Å². The number of nitrogens with zero attached hydrogens (tertiary/aromatic N) is 1. The zero-order chi connectivity index (χ0) is 13.9. The van der Waals surface area contributed by atoms with Gasteiger partial charge in [0.05, 0.1) is 4.92 Å². The maximum Gasteiger partial charge on any atom is 0.269 e. The van der Waals surface area contributed by atoms with Gasteiger partial charge < -0.3 is 0 Å². The molecule has 0 fully saturated rings. The van der Waals surface area contributed by atoms with Gasteiger partial charge in [-0.05, 0) is 30.4 Å². The van der Waals surface area contributed by atoms with E-state index in [2.05, 4.69) is 30.6 Å². The van der Waals surface area contributed by atoms with Crippen LogP contribution in [0.1, 0.15) is 44.6 Å². The summed E-state index contributed by atoms with van der Waals surface area (Å²) in [4.78, 5) is 10.0. The monoisotopic (exact) mass is 255 g/mol. The fourth-order valence-corrected chi connectivity index (χ4v) is 1.52. The minimum absolute atomic E-state index is 0.0764. The van der Waals surface area contributed by atoms with Gasteiger partial charge in [0.15, 0.2) is 0 Å². The maximum atomic E-state index is 10.5. The zero-order valence-corrected chi connectivity index (χ0v) is 11.1. The molecule has 0 aromatic heterocycles. The summed E-state index contributed by atoms with van der Waals surface area (Å²) in [5, 5.41) is 10.5. The predicted octanol–water partition coefficient (Wildman–Crippen LogP) is 3.92. The van der Waals surface area contributed by atoms with Crippen LogP contribution < -0.4 is 0 Å². The Morgan fingerprint density at radius 3 is 2.47 bits per heavy atom. The van der Waals surface area contributed by atoms with E-state index >= 15 is 0 Å². The smallest absolute Gasteiger partial charge is 0.258 e. The van der Waals surface area contributed by atoms with Gasteiger partial charge in [-0.3, -0.25) is 10.1 Å². The molecule has 0 radical (unpaired) electrons. The van der Waals surface area contributed by atoms with Crippen LogP contribution in [-0.2, 0) is 0 Å². The number of unbranched alkanes of at least 4 members (excludes halogenated alkanes) is 4. The molecule has 0 N–H and O–H groups in total. The molecule has 1 aromatic rings. The standard InChI is InChI=1S/C16H17NO2/c1-2-3-4-5-6-7-8-9-10-15-11-13-16(14-12-15)17(18)19/h11-14H,2-6H2,1H3. The van der Waals surface area contributed by atoms with Gasteiger partial charge in [0, 0.05) is 24.1 Å². The van der Waals surface area contributed by atoms with Crippen molar-refractivity contribution < 1.29 is 4.92 Å². The number of rotatable bonds is 5. The first-order chi connectivity index (χ1) is 9.24. The lowest BCUT2D eigenvalue weighted by atomic mass is 10.1. The second-order valence-corrected chi connectivity index (χ2v) is 4.17. The van der Waals surface area contributed by atoms with E-state index < -0.39 is 4.92 Å². The number of hydrogen-bond donors (Lipinski definition) is 0. The number of hydrogen-bond acceptors (Lipinski definition) is 2. The molecule has 98 valence electrons. The van der Waals surface area contributed by atoms with Crippen LogP contribution in [0.5, 0.6) is 0 Å². The molecule has 0 spiro atoms. The third-order valence-electron chi connectivity index (χ3n) is 2.59. The van der Waals surface area contributed by atoms with Crippen LogP contribution in [-0.4, -0.2) is 4.92 Å². The van der Waals surface area contributed by atoms with E-state index in [0.29, 0.717) is 0 Å². The molecule has 1 aromatic carbocycles. The van der Waals surface area contributed by atoms with Crippen LogP contribution in [0.3, 0.4) is 0 Å². The van der Waals surface area contributed by atoms with Crippen LogP contribution in [0.15, 0.2) is 24.3 Å². The Labute approximate surface area is 114 Å². The molecule has 0 saturated carbocycles. The molecule has 0 saturated heterocycles. The Kier molecular flexibility index (Phi) is 6.84. The highest BCUT2D eigenvalue weighted by Crippen LogP contribution is 2.10. The first kappa shape index (κ1) is 14.8. The molecule has 0 bridgehead atoms.